The van der Waals surface area contributed by atoms with Crippen molar-refractivity contribution in [1.29, 1.82) is 5.26 Å². The van der Waals surface area contributed by atoms with E-state index in [1.165, 1.54) is 0 Å². The van der Waals surface area contributed by atoms with Gasteiger partial charge in [0.15, 0.2) is 0 Å². The zero-order valence-corrected chi connectivity index (χ0v) is 9.81. The summed E-state index contributed by atoms with van der Waals surface area (Å²) in [6.45, 7) is 4.44. The lowest BCUT2D eigenvalue weighted by atomic mass is 10.2. The van der Waals surface area contributed by atoms with E-state index in [1.54, 1.807) is 12.3 Å². The topological polar surface area (TPSA) is 80.5 Å². The van der Waals surface area contributed by atoms with Gasteiger partial charge >= 0.3 is 0 Å². The van der Waals surface area contributed by atoms with Gasteiger partial charge in [-0.15, -0.1) is 0 Å². The van der Waals surface area contributed by atoms with E-state index >= 15 is 0 Å². The van der Waals surface area contributed by atoms with Crippen LogP contribution in [-0.2, 0) is 6.54 Å². The molecule has 0 amide bonds. The number of aryl methyl sites for hydroxylation is 1. The lowest BCUT2D eigenvalue weighted by Crippen LogP contribution is -2.04. The molecule has 0 aromatic carbocycles. The Morgan fingerprint density at radius 2 is 2.18 bits per heavy atom. The van der Waals surface area contributed by atoms with E-state index in [0.29, 0.717) is 12.2 Å². The highest BCUT2D eigenvalue weighted by atomic mass is 15.3. The highest BCUT2D eigenvalue weighted by Gasteiger charge is 2.08. The molecule has 2 aromatic heterocycles. The summed E-state index contributed by atoms with van der Waals surface area (Å²) in [7, 11) is 0. The number of hydrogen-bond donors (Lipinski definition) is 1. The van der Waals surface area contributed by atoms with Crippen molar-refractivity contribution in [1.82, 2.24) is 14.8 Å². The van der Waals surface area contributed by atoms with Gasteiger partial charge in [-0.2, -0.15) is 10.4 Å². The number of nitrogen functional groups attached to an aromatic ring is 1. The molecule has 0 unspecified atom stereocenters. The minimum absolute atomic E-state index is 0.418. The molecule has 5 heteroatoms. The molecular formula is C12H13N5. The Morgan fingerprint density at radius 1 is 1.41 bits per heavy atom. The maximum Gasteiger partial charge on any atom is 0.140 e. The lowest BCUT2D eigenvalue weighted by Gasteiger charge is -2.04. The fourth-order valence-electron chi connectivity index (χ4n) is 1.62. The highest BCUT2D eigenvalue weighted by molar-refractivity contribution is 5.47. The Kier molecular flexibility index (Phi) is 2.79. The molecule has 0 aliphatic rings. The summed E-state index contributed by atoms with van der Waals surface area (Å²) < 4.78 is 1.84. The number of nitrogens with two attached hydrogens (primary N) is 1. The second-order valence-corrected chi connectivity index (χ2v) is 3.91. The fraction of sp³-hybridized carbons (Fsp3) is 0.250. The van der Waals surface area contributed by atoms with Gasteiger partial charge in [0.05, 0.1) is 23.6 Å². The van der Waals surface area contributed by atoms with Gasteiger partial charge in [-0.05, 0) is 25.5 Å². The van der Waals surface area contributed by atoms with Crippen LogP contribution in [0.5, 0.6) is 0 Å². The van der Waals surface area contributed by atoms with Crippen molar-refractivity contribution in [3.05, 3.63) is 41.0 Å². The monoisotopic (exact) mass is 227 g/mol. The summed E-state index contributed by atoms with van der Waals surface area (Å²) in [6, 6.07) is 5.56. The third kappa shape index (κ3) is 2.11. The van der Waals surface area contributed by atoms with Gasteiger partial charge in [0, 0.05) is 6.20 Å². The molecule has 0 bridgehead atoms. The minimum atomic E-state index is 0.418. The Morgan fingerprint density at radius 3 is 2.65 bits per heavy atom. The van der Waals surface area contributed by atoms with Gasteiger partial charge in [0.25, 0.3) is 0 Å². The predicted molar refractivity (Wildman–Crippen MR) is 64.2 cm³/mol. The molecule has 0 fully saturated rings. The molecule has 86 valence electrons. The first-order chi connectivity index (χ1) is 8.11. The van der Waals surface area contributed by atoms with Crippen LogP contribution in [0.25, 0.3) is 0 Å². The highest BCUT2D eigenvalue weighted by Crippen LogP contribution is 2.15. The lowest BCUT2D eigenvalue weighted by molar-refractivity contribution is 0.657. The summed E-state index contributed by atoms with van der Waals surface area (Å²) in [6.07, 6.45) is 1.69. The summed E-state index contributed by atoms with van der Waals surface area (Å²) in [5.74, 6) is 0. The smallest absolute Gasteiger partial charge is 0.140 e. The first-order valence-corrected chi connectivity index (χ1v) is 5.26. The number of hydrogen-bond acceptors (Lipinski definition) is 4. The van der Waals surface area contributed by atoms with Crippen LogP contribution in [0.1, 0.15) is 22.6 Å². The van der Waals surface area contributed by atoms with E-state index in [-0.39, 0.29) is 0 Å². The van der Waals surface area contributed by atoms with Crippen molar-refractivity contribution in [2.75, 3.05) is 5.73 Å². The third-order valence-electron chi connectivity index (χ3n) is 2.71. The minimum Gasteiger partial charge on any atom is -0.396 e. The molecule has 0 spiro atoms. The van der Waals surface area contributed by atoms with Crippen molar-refractivity contribution in [3.8, 4) is 6.07 Å². The first kappa shape index (κ1) is 11.1. The van der Waals surface area contributed by atoms with Crippen LogP contribution in [0.2, 0.25) is 0 Å². The number of nitriles is 1. The Balaban J connectivity index is 2.26. The molecule has 0 atom stereocenters. The molecule has 0 aliphatic heterocycles. The van der Waals surface area contributed by atoms with E-state index in [4.69, 9.17) is 11.0 Å². The molecule has 17 heavy (non-hydrogen) atoms. The maximum atomic E-state index is 8.66. The molecule has 0 aliphatic carbocycles. The van der Waals surface area contributed by atoms with Gasteiger partial charge in [-0.3, -0.25) is 4.68 Å². The van der Waals surface area contributed by atoms with E-state index in [1.807, 2.05) is 30.7 Å². The average molecular weight is 227 g/mol. The number of pyridine rings is 1. The number of nitrogens with zero attached hydrogens (tertiary/aromatic N) is 4. The molecule has 2 N–H and O–H groups in total. The summed E-state index contributed by atoms with van der Waals surface area (Å²) in [5.41, 5.74) is 9.79. The van der Waals surface area contributed by atoms with E-state index in [2.05, 4.69) is 10.1 Å². The van der Waals surface area contributed by atoms with Gasteiger partial charge in [-0.25, -0.2) is 4.98 Å². The molecular weight excluding hydrogens is 214 g/mol. The molecule has 2 aromatic rings. The maximum absolute atomic E-state index is 8.66. The quantitative estimate of drug-likeness (QED) is 0.840. The van der Waals surface area contributed by atoms with Crippen LogP contribution in [-0.4, -0.2) is 14.8 Å². The van der Waals surface area contributed by atoms with E-state index in [9.17, 15) is 0 Å². The fourth-order valence-corrected chi connectivity index (χ4v) is 1.62. The van der Waals surface area contributed by atoms with Crippen LogP contribution < -0.4 is 5.73 Å². The van der Waals surface area contributed by atoms with Crippen molar-refractivity contribution in [2.45, 2.75) is 20.4 Å². The Bertz CT molecular complexity index is 574. The molecule has 5 nitrogen and oxygen atoms in total. The summed E-state index contributed by atoms with van der Waals surface area (Å²) in [4.78, 5) is 4.02. The largest absolute Gasteiger partial charge is 0.396 e. The molecule has 2 rings (SSSR count). The Hall–Kier alpha value is -2.35. The van der Waals surface area contributed by atoms with Gasteiger partial charge in [0.2, 0.25) is 0 Å². The van der Waals surface area contributed by atoms with Crippen LogP contribution in [0, 0.1) is 25.2 Å². The zero-order chi connectivity index (χ0) is 12.4. The predicted octanol–water partition coefficient (Wildman–Crippen LogP) is 1.40. The average Bonchev–Trinajstić information content (AvgIpc) is 2.58. The SMILES string of the molecule is Cc1nn(Cc2ccc(C#N)nc2)c(C)c1N. The first-order valence-electron chi connectivity index (χ1n) is 5.26. The molecule has 0 saturated heterocycles. The number of aromatic nitrogens is 3. The van der Waals surface area contributed by atoms with Crippen LogP contribution in [0.15, 0.2) is 18.3 Å². The van der Waals surface area contributed by atoms with Crippen LogP contribution in [0.4, 0.5) is 5.69 Å². The molecule has 0 radical (unpaired) electrons. The zero-order valence-electron chi connectivity index (χ0n) is 9.81. The van der Waals surface area contributed by atoms with Gasteiger partial charge < -0.3 is 5.73 Å². The van der Waals surface area contributed by atoms with Crippen molar-refractivity contribution < 1.29 is 0 Å². The van der Waals surface area contributed by atoms with Crippen molar-refractivity contribution in [2.24, 2.45) is 0 Å². The molecule has 0 saturated carbocycles. The second kappa shape index (κ2) is 4.26. The third-order valence-corrected chi connectivity index (χ3v) is 2.71. The van der Waals surface area contributed by atoms with Crippen LogP contribution >= 0.6 is 0 Å². The van der Waals surface area contributed by atoms with Crippen molar-refractivity contribution >= 4 is 5.69 Å². The van der Waals surface area contributed by atoms with Crippen molar-refractivity contribution in [3.63, 3.8) is 0 Å². The van der Waals surface area contributed by atoms with Gasteiger partial charge in [0.1, 0.15) is 11.8 Å². The van der Waals surface area contributed by atoms with E-state index in [0.717, 1.165) is 22.6 Å². The standard InChI is InChI=1S/C12H13N5/c1-8-12(14)9(2)17(16-8)7-10-3-4-11(5-13)15-6-10/h3-4,6H,7,14H2,1-2H3. The Labute approximate surface area is 99.5 Å². The van der Waals surface area contributed by atoms with Crippen LogP contribution in [0.3, 0.4) is 0 Å². The molecule has 2 heterocycles. The van der Waals surface area contributed by atoms with Gasteiger partial charge in [-0.1, -0.05) is 6.07 Å². The summed E-state index contributed by atoms with van der Waals surface area (Å²) >= 11 is 0. The summed E-state index contributed by atoms with van der Waals surface area (Å²) in [5, 5.41) is 13.0. The number of rotatable bonds is 2. The number of anilines is 1. The normalized spacial score (nSPS) is 10.2. The van der Waals surface area contributed by atoms with E-state index < -0.39 is 0 Å². The second-order valence-electron chi connectivity index (χ2n) is 3.91.